The third-order valence-electron chi connectivity index (χ3n) is 2.55. The Balaban J connectivity index is 2.40. The molecule has 0 atom stereocenters. The minimum atomic E-state index is -3.95. The molecule has 0 amide bonds. The predicted molar refractivity (Wildman–Crippen MR) is 71.9 cm³/mol. The first kappa shape index (κ1) is 14.5. The van der Waals surface area contributed by atoms with Gasteiger partial charge in [-0.05, 0) is 13.0 Å². The lowest BCUT2D eigenvalue weighted by molar-refractivity contribution is -0.384. The summed E-state index contributed by atoms with van der Waals surface area (Å²) in [6.07, 6.45) is 1.13. The largest absolute Gasteiger partial charge is 0.332 e. The fourth-order valence-electron chi connectivity index (χ4n) is 1.56. The maximum atomic E-state index is 12.1. The van der Waals surface area contributed by atoms with E-state index in [0.29, 0.717) is 5.82 Å². The van der Waals surface area contributed by atoms with Gasteiger partial charge < -0.3 is 4.98 Å². The molecule has 21 heavy (non-hydrogen) atoms. The summed E-state index contributed by atoms with van der Waals surface area (Å²) in [4.78, 5) is 16.3. The fourth-order valence-corrected chi connectivity index (χ4v) is 2.61. The highest BCUT2D eigenvalue weighted by Gasteiger charge is 2.19. The van der Waals surface area contributed by atoms with Gasteiger partial charge in [0, 0.05) is 12.1 Å². The SMILES string of the molecule is Cc1ncc(S(=O)(=O)Nc2ccc([N+](=O)[O-])cc2C#N)[nH]1. The van der Waals surface area contributed by atoms with E-state index in [-0.39, 0.29) is 22.0 Å². The molecule has 2 rings (SSSR count). The predicted octanol–water partition coefficient (Wildman–Crippen LogP) is 1.30. The highest BCUT2D eigenvalue weighted by atomic mass is 32.2. The summed E-state index contributed by atoms with van der Waals surface area (Å²) in [6.45, 7) is 1.59. The van der Waals surface area contributed by atoms with Crippen molar-refractivity contribution in [2.24, 2.45) is 0 Å². The average Bonchev–Trinajstić information content (AvgIpc) is 2.86. The van der Waals surface area contributed by atoms with Gasteiger partial charge in [-0.3, -0.25) is 14.8 Å². The van der Waals surface area contributed by atoms with Crippen molar-refractivity contribution < 1.29 is 13.3 Å². The normalized spacial score (nSPS) is 10.9. The number of rotatable bonds is 4. The van der Waals surface area contributed by atoms with E-state index < -0.39 is 14.9 Å². The lowest BCUT2D eigenvalue weighted by atomic mass is 10.2. The second kappa shape index (κ2) is 5.22. The maximum absolute atomic E-state index is 12.1. The number of H-pyrrole nitrogens is 1. The number of nitrogens with one attached hydrogen (secondary N) is 2. The minimum absolute atomic E-state index is 0.0460. The standard InChI is InChI=1S/C11H9N5O4S/c1-7-13-6-11(14-7)21(19,20)15-10-3-2-9(16(17)18)4-8(10)5-12/h2-4,6,15H,1H3,(H,13,14). The van der Waals surface area contributed by atoms with Gasteiger partial charge in [-0.2, -0.15) is 13.7 Å². The first-order valence-electron chi connectivity index (χ1n) is 5.56. The number of nitro benzene ring substituents is 1. The van der Waals surface area contributed by atoms with Gasteiger partial charge in [0.15, 0.2) is 5.03 Å². The molecule has 108 valence electrons. The van der Waals surface area contributed by atoms with Crippen LogP contribution in [0.3, 0.4) is 0 Å². The Hall–Kier alpha value is -2.93. The molecule has 1 aromatic heterocycles. The Labute approximate surface area is 119 Å². The highest BCUT2D eigenvalue weighted by molar-refractivity contribution is 7.92. The number of imidazole rings is 1. The molecule has 0 aliphatic heterocycles. The number of aromatic nitrogens is 2. The van der Waals surface area contributed by atoms with Crippen molar-refractivity contribution in [3.63, 3.8) is 0 Å². The van der Waals surface area contributed by atoms with E-state index in [1.807, 2.05) is 0 Å². The number of aromatic amines is 1. The Morgan fingerprint density at radius 2 is 2.19 bits per heavy atom. The Kier molecular flexibility index (Phi) is 3.60. The zero-order chi connectivity index (χ0) is 15.6. The maximum Gasteiger partial charge on any atom is 0.279 e. The summed E-state index contributed by atoms with van der Waals surface area (Å²) in [7, 11) is -3.95. The Morgan fingerprint density at radius 3 is 2.71 bits per heavy atom. The molecule has 0 saturated carbocycles. The topological polar surface area (TPSA) is 142 Å². The number of aryl methyl sites for hydroxylation is 1. The zero-order valence-electron chi connectivity index (χ0n) is 10.7. The van der Waals surface area contributed by atoms with Crippen LogP contribution in [0.15, 0.2) is 29.4 Å². The number of nitriles is 1. The molecule has 0 aliphatic rings. The van der Waals surface area contributed by atoms with E-state index in [4.69, 9.17) is 5.26 Å². The van der Waals surface area contributed by atoms with E-state index >= 15 is 0 Å². The van der Waals surface area contributed by atoms with Gasteiger partial charge >= 0.3 is 0 Å². The number of nitrogens with zero attached hydrogens (tertiary/aromatic N) is 3. The minimum Gasteiger partial charge on any atom is -0.332 e. The van der Waals surface area contributed by atoms with Gasteiger partial charge in [-0.25, -0.2) is 4.98 Å². The molecule has 10 heteroatoms. The van der Waals surface area contributed by atoms with Crippen LogP contribution in [0.5, 0.6) is 0 Å². The van der Waals surface area contributed by atoms with Crippen LogP contribution in [0.2, 0.25) is 0 Å². The summed E-state index contributed by atoms with van der Waals surface area (Å²) in [5.41, 5.74) is -0.494. The van der Waals surface area contributed by atoms with Crippen LogP contribution >= 0.6 is 0 Å². The van der Waals surface area contributed by atoms with Crippen molar-refractivity contribution in [2.45, 2.75) is 11.9 Å². The number of non-ortho nitro benzene ring substituents is 1. The third-order valence-corrected chi connectivity index (χ3v) is 3.82. The summed E-state index contributed by atoms with van der Waals surface area (Å²) < 4.78 is 26.3. The number of nitro groups is 1. The van der Waals surface area contributed by atoms with Crippen LogP contribution in [0.1, 0.15) is 11.4 Å². The van der Waals surface area contributed by atoms with Gasteiger partial charge in [0.2, 0.25) is 0 Å². The molecule has 9 nitrogen and oxygen atoms in total. The van der Waals surface area contributed by atoms with Gasteiger partial charge in [0.05, 0.1) is 22.4 Å². The quantitative estimate of drug-likeness (QED) is 0.644. The molecule has 1 heterocycles. The van der Waals surface area contributed by atoms with Gasteiger partial charge in [0.25, 0.3) is 15.7 Å². The molecule has 0 saturated heterocycles. The lowest BCUT2D eigenvalue weighted by Gasteiger charge is -2.07. The molecule has 0 spiro atoms. The van der Waals surface area contributed by atoms with Crippen LogP contribution in [0.25, 0.3) is 0 Å². The molecule has 1 aromatic carbocycles. The van der Waals surface area contributed by atoms with Crippen LogP contribution in [0, 0.1) is 28.4 Å². The van der Waals surface area contributed by atoms with Crippen molar-refractivity contribution in [3.8, 4) is 6.07 Å². The lowest BCUT2D eigenvalue weighted by Crippen LogP contribution is -2.14. The number of sulfonamides is 1. The van der Waals surface area contributed by atoms with Crippen molar-refractivity contribution >= 4 is 21.4 Å². The molecule has 2 aromatic rings. The van der Waals surface area contributed by atoms with E-state index in [2.05, 4.69) is 14.7 Å². The number of hydrogen-bond donors (Lipinski definition) is 2. The van der Waals surface area contributed by atoms with E-state index in [1.165, 1.54) is 0 Å². The molecule has 0 unspecified atom stereocenters. The fraction of sp³-hybridized carbons (Fsp3) is 0.0909. The monoisotopic (exact) mass is 307 g/mol. The molecular formula is C11H9N5O4S. The van der Waals surface area contributed by atoms with Crippen LogP contribution in [-0.4, -0.2) is 23.3 Å². The number of benzene rings is 1. The summed E-state index contributed by atoms with van der Waals surface area (Å²) in [5.74, 6) is 0.416. The summed E-state index contributed by atoms with van der Waals surface area (Å²) in [6, 6.07) is 4.98. The van der Waals surface area contributed by atoms with Gasteiger partial charge in [0.1, 0.15) is 11.9 Å². The average molecular weight is 307 g/mol. The van der Waals surface area contributed by atoms with E-state index in [1.54, 1.807) is 13.0 Å². The molecule has 2 N–H and O–H groups in total. The zero-order valence-corrected chi connectivity index (χ0v) is 11.5. The van der Waals surface area contributed by atoms with Gasteiger partial charge in [-0.15, -0.1) is 0 Å². The van der Waals surface area contributed by atoms with Crippen molar-refractivity contribution in [1.29, 1.82) is 5.26 Å². The number of anilines is 1. The molecular weight excluding hydrogens is 298 g/mol. The first-order valence-corrected chi connectivity index (χ1v) is 7.05. The van der Waals surface area contributed by atoms with Crippen LogP contribution < -0.4 is 4.72 Å². The second-order valence-corrected chi connectivity index (χ2v) is 5.69. The molecule has 0 fully saturated rings. The van der Waals surface area contributed by atoms with Crippen molar-refractivity contribution in [1.82, 2.24) is 9.97 Å². The van der Waals surface area contributed by atoms with Crippen molar-refractivity contribution in [2.75, 3.05) is 4.72 Å². The Morgan fingerprint density at radius 1 is 1.48 bits per heavy atom. The summed E-state index contributed by atoms with van der Waals surface area (Å²) in [5, 5.41) is 19.4. The van der Waals surface area contributed by atoms with E-state index in [0.717, 1.165) is 24.4 Å². The third kappa shape index (κ3) is 2.98. The second-order valence-electron chi connectivity index (χ2n) is 4.04. The van der Waals surface area contributed by atoms with Gasteiger partial charge in [-0.1, -0.05) is 0 Å². The van der Waals surface area contributed by atoms with Crippen LogP contribution in [0.4, 0.5) is 11.4 Å². The Bertz CT molecular complexity index is 850. The van der Waals surface area contributed by atoms with Crippen molar-refractivity contribution in [3.05, 3.63) is 45.9 Å². The number of hydrogen-bond acceptors (Lipinski definition) is 6. The molecule has 0 bridgehead atoms. The molecule has 0 radical (unpaired) electrons. The summed E-state index contributed by atoms with van der Waals surface area (Å²) >= 11 is 0. The molecule has 0 aliphatic carbocycles. The van der Waals surface area contributed by atoms with E-state index in [9.17, 15) is 18.5 Å². The smallest absolute Gasteiger partial charge is 0.279 e. The highest BCUT2D eigenvalue weighted by Crippen LogP contribution is 2.23. The first-order chi connectivity index (χ1) is 9.83. The van der Waals surface area contributed by atoms with Crippen LogP contribution in [-0.2, 0) is 10.0 Å².